The highest BCUT2D eigenvalue weighted by Gasteiger charge is 2.11. The van der Waals surface area contributed by atoms with Crippen molar-refractivity contribution in [3.63, 3.8) is 0 Å². The largest absolute Gasteiger partial charge is 0.395 e. The highest BCUT2D eigenvalue weighted by Crippen LogP contribution is 1.99. The van der Waals surface area contributed by atoms with Gasteiger partial charge < -0.3 is 15.5 Å². The molecule has 0 aliphatic heterocycles. The Bertz CT molecular complexity index is 94.1. The second-order valence-corrected chi connectivity index (χ2v) is 3.29. The van der Waals surface area contributed by atoms with E-state index in [1.807, 2.05) is 13.8 Å². The van der Waals surface area contributed by atoms with Crippen LogP contribution in [0.15, 0.2) is 0 Å². The zero-order valence-electron chi connectivity index (χ0n) is 7.54. The third-order valence-electron chi connectivity index (χ3n) is 1.68. The van der Waals surface area contributed by atoms with Crippen LogP contribution in [0.25, 0.3) is 0 Å². The Kier molecular flexibility index (Phi) is 5.46. The van der Waals surface area contributed by atoms with Crippen LogP contribution in [-0.2, 0) is 0 Å². The molecule has 0 aromatic rings. The van der Waals surface area contributed by atoms with E-state index in [1.165, 1.54) is 0 Å². The maximum Gasteiger partial charge on any atom is 0.0636 e. The van der Waals surface area contributed by atoms with E-state index in [0.717, 1.165) is 0 Å². The first-order valence-corrected chi connectivity index (χ1v) is 4.10. The summed E-state index contributed by atoms with van der Waals surface area (Å²) in [6.45, 7) is 6.47. The van der Waals surface area contributed by atoms with Gasteiger partial charge in [0.05, 0.1) is 12.7 Å². The van der Waals surface area contributed by atoms with Crippen LogP contribution in [-0.4, -0.2) is 35.5 Å². The molecule has 2 atom stereocenters. The Hall–Kier alpha value is -0.120. The van der Waals surface area contributed by atoms with Gasteiger partial charge in [-0.15, -0.1) is 0 Å². The normalized spacial score (nSPS) is 16.9. The van der Waals surface area contributed by atoms with E-state index in [2.05, 4.69) is 5.32 Å². The molecule has 0 radical (unpaired) electrons. The summed E-state index contributed by atoms with van der Waals surface area (Å²) in [5.74, 6) is 0.402. The van der Waals surface area contributed by atoms with Crippen molar-refractivity contribution in [3.05, 3.63) is 0 Å². The molecule has 1 unspecified atom stereocenters. The fraction of sp³-hybridized carbons (Fsp3) is 1.00. The van der Waals surface area contributed by atoms with Crippen molar-refractivity contribution in [1.29, 1.82) is 0 Å². The van der Waals surface area contributed by atoms with Gasteiger partial charge in [0.2, 0.25) is 0 Å². The van der Waals surface area contributed by atoms with Gasteiger partial charge in [0.25, 0.3) is 0 Å². The molecule has 3 nitrogen and oxygen atoms in total. The van der Waals surface area contributed by atoms with Crippen LogP contribution in [0.1, 0.15) is 20.8 Å². The summed E-state index contributed by atoms with van der Waals surface area (Å²) in [5.41, 5.74) is 0. The van der Waals surface area contributed by atoms with Crippen LogP contribution in [0.4, 0.5) is 0 Å². The summed E-state index contributed by atoms with van der Waals surface area (Å²) in [6, 6.07) is 0.101. The minimum Gasteiger partial charge on any atom is -0.395 e. The summed E-state index contributed by atoms with van der Waals surface area (Å²) < 4.78 is 0. The fourth-order valence-corrected chi connectivity index (χ4v) is 0.833. The molecular formula is C8H19NO2. The predicted molar refractivity (Wildman–Crippen MR) is 45.4 cm³/mol. The van der Waals surface area contributed by atoms with Crippen LogP contribution in [0.5, 0.6) is 0 Å². The Labute approximate surface area is 68.4 Å². The summed E-state index contributed by atoms with van der Waals surface area (Å²) >= 11 is 0. The zero-order valence-corrected chi connectivity index (χ0v) is 7.54. The second-order valence-electron chi connectivity index (χ2n) is 3.29. The molecule has 0 bridgehead atoms. The van der Waals surface area contributed by atoms with Crippen LogP contribution in [0, 0.1) is 5.92 Å². The maximum atomic E-state index is 8.93. The highest BCUT2D eigenvalue weighted by atomic mass is 16.3. The van der Waals surface area contributed by atoms with Gasteiger partial charge >= 0.3 is 0 Å². The van der Waals surface area contributed by atoms with Gasteiger partial charge in [0.1, 0.15) is 0 Å². The summed E-state index contributed by atoms with van der Waals surface area (Å²) in [6.07, 6.45) is -0.345. The summed E-state index contributed by atoms with van der Waals surface area (Å²) in [4.78, 5) is 0. The molecule has 11 heavy (non-hydrogen) atoms. The lowest BCUT2D eigenvalue weighted by atomic mass is 10.1. The molecule has 0 aliphatic rings. The van der Waals surface area contributed by atoms with Crippen LogP contribution >= 0.6 is 0 Å². The molecule has 0 aromatic carbocycles. The quantitative estimate of drug-likeness (QED) is 0.531. The maximum absolute atomic E-state index is 8.93. The first-order chi connectivity index (χ1) is 5.07. The SMILES string of the molecule is CC(O)CN[C@H](CO)C(C)C. The minimum absolute atomic E-state index is 0.101. The van der Waals surface area contributed by atoms with E-state index in [-0.39, 0.29) is 18.8 Å². The van der Waals surface area contributed by atoms with Crippen molar-refractivity contribution in [2.75, 3.05) is 13.2 Å². The molecule has 0 saturated heterocycles. The number of rotatable bonds is 5. The van der Waals surface area contributed by atoms with Crippen molar-refractivity contribution in [3.8, 4) is 0 Å². The Morgan fingerprint density at radius 3 is 2.09 bits per heavy atom. The molecule has 0 spiro atoms. The van der Waals surface area contributed by atoms with E-state index in [0.29, 0.717) is 12.5 Å². The van der Waals surface area contributed by atoms with Gasteiger partial charge in [0, 0.05) is 12.6 Å². The molecule has 3 heteroatoms. The fourth-order valence-electron chi connectivity index (χ4n) is 0.833. The third kappa shape index (κ3) is 5.18. The van der Waals surface area contributed by atoms with E-state index in [9.17, 15) is 0 Å². The molecule has 0 aliphatic carbocycles. The third-order valence-corrected chi connectivity index (χ3v) is 1.68. The molecule has 0 fully saturated rings. The van der Waals surface area contributed by atoms with Gasteiger partial charge in [0.15, 0.2) is 0 Å². The Balaban J connectivity index is 3.52. The Morgan fingerprint density at radius 1 is 1.27 bits per heavy atom. The van der Waals surface area contributed by atoms with Crippen LogP contribution in [0.3, 0.4) is 0 Å². The number of hydrogen-bond acceptors (Lipinski definition) is 3. The number of aliphatic hydroxyl groups excluding tert-OH is 2. The molecular weight excluding hydrogens is 142 g/mol. The van der Waals surface area contributed by atoms with Crippen LogP contribution < -0.4 is 5.32 Å². The van der Waals surface area contributed by atoms with Crippen molar-refractivity contribution in [2.45, 2.75) is 32.9 Å². The topological polar surface area (TPSA) is 52.5 Å². The summed E-state index contributed by atoms with van der Waals surface area (Å²) in [7, 11) is 0. The Morgan fingerprint density at radius 2 is 1.82 bits per heavy atom. The average Bonchev–Trinajstić information content (AvgIpc) is 1.87. The summed E-state index contributed by atoms with van der Waals surface area (Å²) in [5, 5.41) is 20.9. The number of aliphatic hydroxyl groups is 2. The lowest BCUT2D eigenvalue weighted by Crippen LogP contribution is -2.40. The van der Waals surface area contributed by atoms with E-state index in [4.69, 9.17) is 10.2 Å². The monoisotopic (exact) mass is 161 g/mol. The molecule has 0 saturated carbocycles. The van der Waals surface area contributed by atoms with E-state index in [1.54, 1.807) is 6.92 Å². The minimum atomic E-state index is -0.345. The first-order valence-electron chi connectivity index (χ1n) is 4.10. The molecule has 3 N–H and O–H groups in total. The van der Waals surface area contributed by atoms with Crippen molar-refractivity contribution in [2.24, 2.45) is 5.92 Å². The van der Waals surface area contributed by atoms with Gasteiger partial charge in [-0.25, -0.2) is 0 Å². The molecule has 0 heterocycles. The molecule has 0 rings (SSSR count). The van der Waals surface area contributed by atoms with E-state index >= 15 is 0 Å². The predicted octanol–water partition coefficient (Wildman–Crippen LogP) is -0.0263. The van der Waals surface area contributed by atoms with Gasteiger partial charge in [-0.05, 0) is 12.8 Å². The first kappa shape index (κ1) is 10.9. The van der Waals surface area contributed by atoms with Crippen LogP contribution in [0.2, 0.25) is 0 Å². The standard InChI is InChI=1S/C8H19NO2/c1-6(2)8(5-10)9-4-7(3)11/h6-11H,4-5H2,1-3H3/t7?,8-/m1/s1. The molecule has 0 aromatic heterocycles. The van der Waals surface area contributed by atoms with Gasteiger partial charge in [-0.3, -0.25) is 0 Å². The lowest BCUT2D eigenvalue weighted by Gasteiger charge is -2.20. The molecule has 0 amide bonds. The zero-order chi connectivity index (χ0) is 8.85. The van der Waals surface area contributed by atoms with Gasteiger partial charge in [-0.1, -0.05) is 13.8 Å². The number of nitrogens with one attached hydrogen (secondary N) is 1. The van der Waals surface area contributed by atoms with Crippen molar-refractivity contribution < 1.29 is 10.2 Å². The highest BCUT2D eigenvalue weighted by molar-refractivity contribution is 4.69. The lowest BCUT2D eigenvalue weighted by molar-refractivity contribution is 0.160. The average molecular weight is 161 g/mol. The number of hydrogen-bond donors (Lipinski definition) is 3. The smallest absolute Gasteiger partial charge is 0.0636 e. The molecule has 68 valence electrons. The second kappa shape index (κ2) is 5.52. The van der Waals surface area contributed by atoms with Crippen molar-refractivity contribution >= 4 is 0 Å². The van der Waals surface area contributed by atoms with Gasteiger partial charge in [-0.2, -0.15) is 0 Å². The van der Waals surface area contributed by atoms with E-state index < -0.39 is 0 Å². The van der Waals surface area contributed by atoms with Crippen molar-refractivity contribution in [1.82, 2.24) is 5.32 Å².